The number of hydrogen-bond donors (Lipinski definition) is 2. The third-order valence-electron chi connectivity index (χ3n) is 5.51. The molecule has 3 amide bonds. The second-order valence-corrected chi connectivity index (χ2v) is 8.07. The lowest BCUT2D eigenvalue weighted by atomic mass is 9.88. The normalized spacial score (nSPS) is 15.5. The molecule has 2 aromatic rings. The molecule has 0 bridgehead atoms. The number of rotatable bonds is 7. The SMILES string of the molecule is CC(C)C(=O)N1CCC(C(NC(=O)c2ccc(F)cc2)C(=O)NCc2ccco2)CC1. The Morgan fingerprint density at radius 2 is 1.81 bits per heavy atom. The summed E-state index contributed by atoms with van der Waals surface area (Å²) >= 11 is 0. The Morgan fingerprint density at radius 1 is 1.13 bits per heavy atom. The average Bonchev–Trinajstić information content (AvgIpc) is 3.29. The Kier molecular flexibility index (Phi) is 7.44. The van der Waals surface area contributed by atoms with Gasteiger partial charge in [0.15, 0.2) is 0 Å². The minimum atomic E-state index is -0.774. The zero-order valence-corrected chi connectivity index (χ0v) is 17.8. The van der Waals surface area contributed by atoms with E-state index in [1.54, 1.807) is 17.0 Å². The lowest BCUT2D eigenvalue weighted by Gasteiger charge is -2.36. The van der Waals surface area contributed by atoms with Crippen molar-refractivity contribution in [3.63, 3.8) is 0 Å². The number of carbonyl (C=O) groups is 3. The van der Waals surface area contributed by atoms with Crippen molar-refractivity contribution in [1.82, 2.24) is 15.5 Å². The van der Waals surface area contributed by atoms with E-state index in [-0.39, 0.29) is 35.8 Å². The quantitative estimate of drug-likeness (QED) is 0.708. The van der Waals surface area contributed by atoms with E-state index in [1.165, 1.54) is 30.5 Å². The van der Waals surface area contributed by atoms with Crippen molar-refractivity contribution in [1.29, 1.82) is 0 Å². The molecule has 0 spiro atoms. The van der Waals surface area contributed by atoms with Crippen LogP contribution in [0.2, 0.25) is 0 Å². The first kappa shape index (κ1) is 22.5. The van der Waals surface area contributed by atoms with E-state index < -0.39 is 17.8 Å². The Hall–Kier alpha value is -3.16. The molecule has 1 unspecified atom stereocenters. The van der Waals surface area contributed by atoms with Crippen LogP contribution < -0.4 is 10.6 Å². The molecule has 0 aliphatic carbocycles. The molecule has 166 valence electrons. The maximum Gasteiger partial charge on any atom is 0.251 e. The molecule has 31 heavy (non-hydrogen) atoms. The number of piperidine rings is 1. The van der Waals surface area contributed by atoms with Gasteiger partial charge in [-0.15, -0.1) is 0 Å². The van der Waals surface area contributed by atoms with E-state index in [9.17, 15) is 18.8 Å². The topological polar surface area (TPSA) is 91.7 Å². The molecule has 2 N–H and O–H groups in total. The average molecular weight is 429 g/mol. The summed E-state index contributed by atoms with van der Waals surface area (Å²) in [6.45, 7) is 5.01. The molecule has 0 saturated carbocycles. The largest absolute Gasteiger partial charge is 0.467 e. The Bertz CT molecular complexity index is 888. The first-order chi connectivity index (χ1) is 14.8. The molecule has 2 heterocycles. The third-order valence-corrected chi connectivity index (χ3v) is 5.51. The molecule has 1 saturated heterocycles. The van der Waals surface area contributed by atoms with Gasteiger partial charge in [-0.05, 0) is 55.2 Å². The van der Waals surface area contributed by atoms with Gasteiger partial charge >= 0.3 is 0 Å². The van der Waals surface area contributed by atoms with Crippen molar-refractivity contribution in [3.8, 4) is 0 Å². The minimum absolute atomic E-state index is 0.0814. The standard InChI is InChI=1S/C23H28FN3O4/c1-15(2)23(30)27-11-9-16(10-12-27)20(22(29)25-14-19-4-3-13-31-19)26-21(28)17-5-7-18(24)8-6-17/h3-8,13,15-16,20H,9-12,14H2,1-2H3,(H,25,29)(H,26,28). The van der Waals surface area contributed by atoms with Crippen molar-refractivity contribution in [2.45, 2.75) is 39.3 Å². The van der Waals surface area contributed by atoms with Crippen LogP contribution >= 0.6 is 0 Å². The Morgan fingerprint density at radius 3 is 2.39 bits per heavy atom. The van der Waals surface area contributed by atoms with Crippen molar-refractivity contribution >= 4 is 17.7 Å². The second-order valence-electron chi connectivity index (χ2n) is 8.07. The smallest absolute Gasteiger partial charge is 0.251 e. The highest BCUT2D eigenvalue weighted by Crippen LogP contribution is 2.23. The number of furan rings is 1. The monoisotopic (exact) mass is 429 g/mol. The summed E-state index contributed by atoms with van der Waals surface area (Å²) in [7, 11) is 0. The van der Waals surface area contributed by atoms with Gasteiger partial charge in [0.2, 0.25) is 11.8 Å². The summed E-state index contributed by atoms with van der Waals surface area (Å²) < 4.78 is 18.4. The fraction of sp³-hybridized carbons (Fsp3) is 0.435. The molecular weight excluding hydrogens is 401 g/mol. The fourth-order valence-electron chi connectivity index (χ4n) is 3.74. The number of likely N-dealkylation sites (tertiary alicyclic amines) is 1. The first-order valence-electron chi connectivity index (χ1n) is 10.5. The molecule has 1 fully saturated rings. The van der Waals surface area contributed by atoms with Gasteiger partial charge in [-0.2, -0.15) is 0 Å². The van der Waals surface area contributed by atoms with Gasteiger partial charge in [0.05, 0.1) is 12.8 Å². The molecule has 1 aliphatic heterocycles. The number of halogens is 1. The molecular formula is C23H28FN3O4. The van der Waals surface area contributed by atoms with Gasteiger partial charge < -0.3 is 20.0 Å². The zero-order chi connectivity index (χ0) is 22.4. The predicted molar refractivity (Wildman–Crippen MR) is 112 cm³/mol. The lowest BCUT2D eigenvalue weighted by Crippen LogP contribution is -2.54. The number of benzene rings is 1. The molecule has 1 aromatic heterocycles. The van der Waals surface area contributed by atoms with Crippen LogP contribution in [-0.4, -0.2) is 41.8 Å². The summed E-state index contributed by atoms with van der Waals surface area (Å²) in [6.07, 6.45) is 2.72. The van der Waals surface area contributed by atoms with Crippen molar-refractivity contribution in [3.05, 3.63) is 59.8 Å². The first-order valence-corrected chi connectivity index (χ1v) is 10.5. The van der Waals surface area contributed by atoms with Crippen LogP contribution in [0.3, 0.4) is 0 Å². The number of nitrogens with one attached hydrogen (secondary N) is 2. The predicted octanol–water partition coefficient (Wildman–Crippen LogP) is 2.73. The summed E-state index contributed by atoms with van der Waals surface area (Å²) in [5.41, 5.74) is 0.276. The van der Waals surface area contributed by atoms with Gasteiger partial charge in [-0.3, -0.25) is 14.4 Å². The molecule has 3 rings (SSSR count). The highest BCUT2D eigenvalue weighted by atomic mass is 19.1. The Balaban J connectivity index is 1.69. The third kappa shape index (κ3) is 5.93. The van der Waals surface area contributed by atoms with E-state index in [2.05, 4.69) is 10.6 Å². The van der Waals surface area contributed by atoms with Crippen LogP contribution in [0.1, 0.15) is 42.8 Å². The van der Waals surface area contributed by atoms with Crippen LogP contribution in [0.15, 0.2) is 47.1 Å². The highest BCUT2D eigenvalue weighted by molar-refractivity contribution is 5.97. The summed E-state index contributed by atoms with van der Waals surface area (Å²) in [4.78, 5) is 39.8. The van der Waals surface area contributed by atoms with Gasteiger partial charge in [-0.1, -0.05) is 13.8 Å². The van der Waals surface area contributed by atoms with Gasteiger partial charge in [0.25, 0.3) is 5.91 Å². The summed E-state index contributed by atoms with van der Waals surface area (Å²) in [6, 6.07) is 7.88. The number of nitrogens with zero attached hydrogens (tertiary/aromatic N) is 1. The molecule has 8 heteroatoms. The van der Waals surface area contributed by atoms with E-state index in [4.69, 9.17) is 4.42 Å². The van der Waals surface area contributed by atoms with Crippen LogP contribution in [0.5, 0.6) is 0 Å². The van der Waals surface area contributed by atoms with Crippen molar-refractivity contribution < 1.29 is 23.2 Å². The maximum absolute atomic E-state index is 13.2. The molecule has 1 atom stereocenters. The maximum atomic E-state index is 13.2. The van der Waals surface area contributed by atoms with Crippen LogP contribution in [0.4, 0.5) is 4.39 Å². The van der Waals surface area contributed by atoms with E-state index in [1.807, 2.05) is 13.8 Å². The van der Waals surface area contributed by atoms with Crippen molar-refractivity contribution in [2.24, 2.45) is 11.8 Å². The fourth-order valence-corrected chi connectivity index (χ4v) is 3.74. The van der Waals surface area contributed by atoms with E-state index in [0.717, 1.165) is 0 Å². The lowest BCUT2D eigenvalue weighted by molar-refractivity contribution is -0.136. The highest BCUT2D eigenvalue weighted by Gasteiger charge is 2.34. The number of carbonyl (C=O) groups excluding carboxylic acids is 3. The molecule has 1 aromatic carbocycles. The Labute approximate surface area is 181 Å². The number of hydrogen-bond acceptors (Lipinski definition) is 4. The summed E-state index contributed by atoms with van der Waals surface area (Å²) in [5, 5.41) is 5.62. The minimum Gasteiger partial charge on any atom is -0.467 e. The zero-order valence-electron chi connectivity index (χ0n) is 17.8. The molecule has 1 aliphatic rings. The molecule has 0 radical (unpaired) electrons. The molecule has 7 nitrogen and oxygen atoms in total. The number of amides is 3. The van der Waals surface area contributed by atoms with E-state index in [0.29, 0.717) is 31.7 Å². The van der Waals surface area contributed by atoms with Crippen LogP contribution in [-0.2, 0) is 16.1 Å². The van der Waals surface area contributed by atoms with Crippen LogP contribution in [0.25, 0.3) is 0 Å². The second kappa shape index (κ2) is 10.2. The van der Waals surface area contributed by atoms with Crippen LogP contribution in [0, 0.1) is 17.7 Å². The van der Waals surface area contributed by atoms with Gasteiger partial charge in [-0.25, -0.2) is 4.39 Å². The van der Waals surface area contributed by atoms with Gasteiger partial charge in [0.1, 0.15) is 17.6 Å². The van der Waals surface area contributed by atoms with Gasteiger partial charge in [0, 0.05) is 24.6 Å². The summed E-state index contributed by atoms with van der Waals surface area (Å²) in [5.74, 6) is -0.716. The van der Waals surface area contributed by atoms with Crippen molar-refractivity contribution in [2.75, 3.05) is 13.1 Å². The van der Waals surface area contributed by atoms with E-state index >= 15 is 0 Å².